The van der Waals surface area contributed by atoms with Crippen LogP contribution in [0.5, 0.6) is 0 Å². The van der Waals surface area contributed by atoms with Crippen LogP contribution in [0.25, 0.3) is 0 Å². The van der Waals surface area contributed by atoms with Crippen LogP contribution < -0.4 is 16.0 Å². The fourth-order valence-electron chi connectivity index (χ4n) is 3.34. The summed E-state index contributed by atoms with van der Waals surface area (Å²) in [6, 6.07) is 14.5. The smallest absolute Gasteiger partial charge is 0.255 e. The zero-order valence-electron chi connectivity index (χ0n) is 17.2. The Bertz CT molecular complexity index is 1050. The van der Waals surface area contributed by atoms with Gasteiger partial charge in [-0.25, -0.2) is 9.97 Å². The number of rotatable bonds is 5. The normalized spacial score (nSPS) is 15.5. The summed E-state index contributed by atoms with van der Waals surface area (Å²) >= 11 is 7.88. The van der Waals surface area contributed by atoms with Crippen LogP contribution in [0.1, 0.15) is 30.1 Å². The van der Waals surface area contributed by atoms with Gasteiger partial charge in [-0.3, -0.25) is 4.79 Å². The lowest BCUT2D eigenvalue weighted by Gasteiger charge is -2.37. The predicted octanol–water partition coefficient (Wildman–Crippen LogP) is 4.85. The molecule has 160 valence electrons. The molecule has 1 aliphatic heterocycles. The number of nitrogens with one attached hydrogen (secondary N) is 1. The number of nitrogens with two attached hydrogens (primary N) is 1. The average Bonchev–Trinajstić information content (AvgIpc) is 2.77. The topological polar surface area (TPSA) is 84.1 Å². The largest absolute Gasteiger partial charge is 0.355 e. The van der Waals surface area contributed by atoms with E-state index in [0.717, 1.165) is 41.7 Å². The van der Waals surface area contributed by atoms with E-state index in [1.165, 1.54) is 11.8 Å². The van der Waals surface area contributed by atoms with E-state index in [9.17, 15) is 4.79 Å². The molecule has 0 spiro atoms. The van der Waals surface area contributed by atoms with E-state index in [1.54, 1.807) is 30.6 Å². The van der Waals surface area contributed by atoms with Gasteiger partial charge in [0.15, 0.2) is 0 Å². The van der Waals surface area contributed by atoms with Crippen molar-refractivity contribution in [2.45, 2.75) is 35.2 Å². The van der Waals surface area contributed by atoms with Crippen molar-refractivity contribution < 1.29 is 4.79 Å². The van der Waals surface area contributed by atoms with Gasteiger partial charge in [0.05, 0.1) is 17.4 Å². The van der Waals surface area contributed by atoms with Gasteiger partial charge in [-0.1, -0.05) is 41.6 Å². The first kappa shape index (κ1) is 21.6. The zero-order valence-corrected chi connectivity index (χ0v) is 18.8. The minimum atomic E-state index is -0.175. The summed E-state index contributed by atoms with van der Waals surface area (Å²) in [6.45, 7) is 3.87. The molecule has 1 aliphatic rings. The molecule has 0 bridgehead atoms. The highest BCUT2D eigenvalue weighted by Crippen LogP contribution is 2.34. The van der Waals surface area contributed by atoms with Crippen LogP contribution in [0.2, 0.25) is 5.02 Å². The first-order chi connectivity index (χ1) is 14.9. The molecule has 1 aromatic heterocycles. The second-order valence-corrected chi connectivity index (χ2v) is 9.39. The van der Waals surface area contributed by atoms with Crippen molar-refractivity contribution in [2.24, 2.45) is 5.73 Å². The van der Waals surface area contributed by atoms with Crippen LogP contribution in [0.3, 0.4) is 0 Å². The van der Waals surface area contributed by atoms with Crippen molar-refractivity contribution in [1.82, 2.24) is 9.97 Å². The Hall–Kier alpha value is -2.61. The molecule has 8 heteroatoms. The molecule has 6 nitrogen and oxygen atoms in total. The Morgan fingerprint density at radius 3 is 2.52 bits per heavy atom. The Morgan fingerprint density at radius 1 is 1.13 bits per heavy atom. The fourth-order valence-corrected chi connectivity index (χ4v) is 4.36. The molecule has 0 radical (unpaired) electrons. The second kappa shape index (κ2) is 9.26. The quantitative estimate of drug-likeness (QED) is 0.574. The van der Waals surface area contributed by atoms with E-state index in [1.807, 2.05) is 30.3 Å². The van der Waals surface area contributed by atoms with Gasteiger partial charge in [-0.15, -0.1) is 0 Å². The van der Waals surface area contributed by atoms with Gasteiger partial charge in [0.25, 0.3) is 5.91 Å². The van der Waals surface area contributed by atoms with Crippen LogP contribution in [-0.2, 0) is 0 Å². The standard InChI is InChI=1S/C23H24ClN5OS/c1-23(25)9-11-29(12-10-23)20-14-27-21(15-26-20)31-19-8-7-17(13-18(19)24)28-22(30)16-5-3-2-4-6-16/h2-8,13-15H,9-12,25H2,1H3,(H,28,30). The lowest BCUT2D eigenvalue weighted by atomic mass is 9.91. The fraction of sp³-hybridized carbons (Fsp3) is 0.261. The summed E-state index contributed by atoms with van der Waals surface area (Å²) in [5, 5.41) is 4.16. The van der Waals surface area contributed by atoms with Gasteiger partial charge in [-0.2, -0.15) is 0 Å². The Kier molecular flexibility index (Phi) is 6.46. The van der Waals surface area contributed by atoms with Crippen LogP contribution in [-0.4, -0.2) is 34.5 Å². The minimum Gasteiger partial charge on any atom is -0.355 e. The number of halogens is 1. The molecule has 31 heavy (non-hydrogen) atoms. The minimum absolute atomic E-state index is 0.0940. The lowest BCUT2D eigenvalue weighted by molar-refractivity contribution is 0.102. The molecular weight excluding hydrogens is 430 g/mol. The zero-order chi connectivity index (χ0) is 21.8. The number of carbonyl (C=O) groups excluding carboxylic acids is 1. The van der Waals surface area contributed by atoms with Gasteiger partial charge in [0, 0.05) is 34.8 Å². The van der Waals surface area contributed by atoms with Gasteiger partial charge in [0.1, 0.15) is 10.8 Å². The monoisotopic (exact) mass is 453 g/mol. The number of anilines is 2. The number of carbonyl (C=O) groups is 1. The number of amides is 1. The van der Waals surface area contributed by atoms with Crippen molar-refractivity contribution in [1.29, 1.82) is 0 Å². The molecule has 0 saturated carbocycles. The van der Waals surface area contributed by atoms with E-state index >= 15 is 0 Å². The number of hydrogen-bond donors (Lipinski definition) is 2. The molecule has 4 rings (SSSR count). The highest BCUT2D eigenvalue weighted by Gasteiger charge is 2.26. The summed E-state index contributed by atoms with van der Waals surface area (Å²) < 4.78 is 0. The van der Waals surface area contributed by atoms with E-state index in [2.05, 4.69) is 27.1 Å². The summed E-state index contributed by atoms with van der Waals surface area (Å²) in [7, 11) is 0. The van der Waals surface area contributed by atoms with E-state index in [4.69, 9.17) is 17.3 Å². The summed E-state index contributed by atoms with van der Waals surface area (Å²) in [4.78, 5) is 24.5. The van der Waals surface area contributed by atoms with Crippen molar-refractivity contribution in [3.8, 4) is 0 Å². The maximum atomic E-state index is 12.3. The number of benzene rings is 2. The maximum absolute atomic E-state index is 12.3. The second-order valence-electron chi connectivity index (χ2n) is 7.92. The molecule has 3 N–H and O–H groups in total. The summed E-state index contributed by atoms with van der Waals surface area (Å²) in [5.41, 5.74) is 7.35. The van der Waals surface area contributed by atoms with Crippen LogP contribution in [0, 0.1) is 0 Å². The van der Waals surface area contributed by atoms with Crippen LogP contribution in [0.4, 0.5) is 11.5 Å². The van der Waals surface area contributed by atoms with Crippen LogP contribution >= 0.6 is 23.4 Å². The van der Waals surface area contributed by atoms with E-state index in [0.29, 0.717) is 16.3 Å². The summed E-state index contributed by atoms with van der Waals surface area (Å²) in [5.74, 6) is 0.691. The highest BCUT2D eigenvalue weighted by atomic mass is 35.5. The Morgan fingerprint density at radius 2 is 1.87 bits per heavy atom. The summed E-state index contributed by atoms with van der Waals surface area (Å²) in [6.07, 6.45) is 5.43. The predicted molar refractivity (Wildman–Crippen MR) is 126 cm³/mol. The van der Waals surface area contributed by atoms with E-state index < -0.39 is 0 Å². The van der Waals surface area contributed by atoms with Gasteiger partial charge < -0.3 is 16.0 Å². The van der Waals surface area contributed by atoms with Crippen molar-refractivity contribution in [3.63, 3.8) is 0 Å². The molecule has 3 aromatic rings. The Balaban J connectivity index is 1.38. The van der Waals surface area contributed by atoms with Crippen molar-refractivity contribution >= 4 is 40.8 Å². The first-order valence-electron chi connectivity index (χ1n) is 10.1. The Labute approximate surface area is 191 Å². The van der Waals surface area contributed by atoms with Crippen LogP contribution in [0.15, 0.2) is 70.8 Å². The van der Waals surface area contributed by atoms with Gasteiger partial charge in [0.2, 0.25) is 0 Å². The molecule has 2 aromatic carbocycles. The molecule has 1 fully saturated rings. The number of nitrogens with zero attached hydrogens (tertiary/aromatic N) is 3. The molecular formula is C23H24ClN5OS. The average molecular weight is 454 g/mol. The number of aromatic nitrogens is 2. The maximum Gasteiger partial charge on any atom is 0.255 e. The third-order valence-corrected chi connectivity index (χ3v) is 6.71. The molecule has 0 atom stereocenters. The lowest BCUT2D eigenvalue weighted by Crippen LogP contribution is -2.48. The highest BCUT2D eigenvalue weighted by molar-refractivity contribution is 7.99. The molecule has 1 saturated heterocycles. The van der Waals surface area contributed by atoms with Gasteiger partial charge in [-0.05, 0) is 50.1 Å². The molecule has 0 unspecified atom stereocenters. The molecule has 0 aliphatic carbocycles. The molecule has 2 heterocycles. The first-order valence-corrected chi connectivity index (χ1v) is 11.3. The van der Waals surface area contributed by atoms with Crippen molar-refractivity contribution in [3.05, 3.63) is 71.5 Å². The third-order valence-electron chi connectivity index (χ3n) is 5.28. The van der Waals surface area contributed by atoms with Crippen molar-refractivity contribution in [2.75, 3.05) is 23.3 Å². The number of piperidine rings is 1. The number of hydrogen-bond acceptors (Lipinski definition) is 6. The SMILES string of the molecule is CC1(N)CCN(c2cnc(Sc3ccc(NC(=O)c4ccccc4)cc3Cl)cn2)CC1. The van der Waals surface area contributed by atoms with E-state index in [-0.39, 0.29) is 11.4 Å². The van der Waals surface area contributed by atoms with Gasteiger partial charge >= 0.3 is 0 Å². The third kappa shape index (κ3) is 5.55. The molecule has 1 amide bonds.